The quantitative estimate of drug-likeness (QED) is 0.714. The molecule has 1 aromatic rings. The highest BCUT2D eigenvalue weighted by Gasteiger charge is 2.23. The molecule has 0 aliphatic carbocycles. The lowest BCUT2D eigenvalue weighted by Crippen LogP contribution is -2.39. The summed E-state index contributed by atoms with van der Waals surface area (Å²) in [5, 5.41) is 1.69. The van der Waals surface area contributed by atoms with Crippen LogP contribution in [0.2, 0.25) is 5.02 Å². The summed E-state index contributed by atoms with van der Waals surface area (Å²) < 4.78 is 0. The van der Waals surface area contributed by atoms with Gasteiger partial charge < -0.3 is 4.90 Å². The number of rotatable bonds is 2. The van der Waals surface area contributed by atoms with Crippen LogP contribution in [0.15, 0.2) is 18.2 Å². The fourth-order valence-electron chi connectivity index (χ4n) is 2.84. The topological polar surface area (TPSA) is 3.24 Å². The lowest BCUT2D eigenvalue weighted by atomic mass is 9.91. The molecule has 1 saturated heterocycles. The van der Waals surface area contributed by atoms with Crippen molar-refractivity contribution < 1.29 is 0 Å². The molecule has 1 aromatic carbocycles. The highest BCUT2D eigenvalue weighted by molar-refractivity contribution is 9.08. The molecule has 1 fully saturated rings. The molecule has 3 heteroatoms. The molecule has 2 rings (SSSR count). The summed E-state index contributed by atoms with van der Waals surface area (Å²) in [7, 11) is 0. The largest absolute Gasteiger partial charge is 0.371 e. The van der Waals surface area contributed by atoms with Crippen LogP contribution in [0.25, 0.3) is 0 Å². The van der Waals surface area contributed by atoms with E-state index in [0.717, 1.165) is 35.3 Å². The molecule has 0 spiro atoms. The maximum atomic E-state index is 6.26. The first-order valence-electron chi connectivity index (χ1n) is 6.20. The number of piperidine rings is 1. The number of anilines is 1. The predicted molar refractivity (Wildman–Crippen MR) is 79.2 cm³/mol. The summed E-state index contributed by atoms with van der Waals surface area (Å²) in [6.45, 7) is 6.96. The van der Waals surface area contributed by atoms with Crippen LogP contribution < -0.4 is 4.90 Å². The van der Waals surface area contributed by atoms with E-state index < -0.39 is 0 Å². The average molecular weight is 317 g/mol. The zero-order chi connectivity index (χ0) is 12.4. The Kier molecular flexibility index (Phi) is 4.37. The SMILES string of the molecule is CC1CC(C)CN(c2cccc(Cl)c2CBr)C1. The summed E-state index contributed by atoms with van der Waals surface area (Å²) in [5.41, 5.74) is 2.52. The van der Waals surface area contributed by atoms with E-state index >= 15 is 0 Å². The van der Waals surface area contributed by atoms with Gasteiger partial charge in [-0.15, -0.1) is 0 Å². The molecule has 0 N–H and O–H groups in total. The number of hydrogen-bond donors (Lipinski definition) is 0. The van der Waals surface area contributed by atoms with Crippen molar-refractivity contribution in [1.29, 1.82) is 0 Å². The van der Waals surface area contributed by atoms with Crippen molar-refractivity contribution in [3.05, 3.63) is 28.8 Å². The second-order valence-corrected chi connectivity index (χ2v) is 6.19. The second kappa shape index (κ2) is 5.62. The molecular formula is C14H19BrClN. The minimum atomic E-state index is 0.765. The lowest BCUT2D eigenvalue weighted by molar-refractivity contribution is 0.356. The monoisotopic (exact) mass is 315 g/mol. The molecule has 1 aliphatic rings. The van der Waals surface area contributed by atoms with E-state index in [1.807, 2.05) is 12.1 Å². The average Bonchev–Trinajstić information content (AvgIpc) is 2.27. The van der Waals surface area contributed by atoms with Gasteiger partial charge in [0.1, 0.15) is 0 Å². The van der Waals surface area contributed by atoms with Crippen molar-refractivity contribution in [3.8, 4) is 0 Å². The van der Waals surface area contributed by atoms with Gasteiger partial charge in [0.25, 0.3) is 0 Å². The number of halogens is 2. The summed E-state index contributed by atoms with van der Waals surface area (Å²) in [4.78, 5) is 2.49. The molecule has 0 saturated carbocycles. The smallest absolute Gasteiger partial charge is 0.0467 e. The van der Waals surface area contributed by atoms with Crippen LogP contribution in [0.5, 0.6) is 0 Å². The van der Waals surface area contributed by atoms with E-state index in [2.05, 4.69) is 40.7 Å². The van der Waals surface area contributed by atoms with Gasteiger partial charge in [-0.3, -0.25) is 0 Å². The van der Waals surface area contributed by atoms with Crippen molar-refractivity contribution in [2.24, 2.45) is 11.8 Å². The number of benzene rings is 1. The standard InChI is InChI=1S/C14H19BrClN/c1-10-6-11(2)9-17(8-10)14-5-3-4-13(16)12(14)7-15/h3-5,10-11H,6-9H2,1-2H3. The Bertz CT molecular complexity index is 384. The van der Waals surface area contributed by atoms with Gasteiger partial charge in [-0.2, -0.15) is 0 Å². The third-order valence-electron chi connectivity index (χ3n) is 3.44. The summed E-state index contributed by atoms with van der Waals surface area (Å²) >= 11 is 9.81. The number of hydrogen-bond acceptors (Lipinski definition) is 1. The molecule has 1 aliphatic heterocycles. The molecule has 0 bridgehead atoms. The fourth-order valence-corrected chi connectivity index (χ4v) is 3.82. The number of nitrogens with zero attached hydrogens (tertiary/aromatic N) is 1. The Morgan fingerprint density at radius 3 is 2.53 bits per heavy atom. The lowest BCUT2D eigenvalue weighted by Gasteiger charge is -2.37. The first-order chi connectivity index (χ1) is 8.11. The molecule has 0 radical (unpaired) electrons. The Labute approximate surface area is 117 Å². The Morgan fingerprint density at radius 2 is 1.94 bits per heavy atom. The zero-order valence-corrected chi connectivity index (χ0v) is 12.8. The molecule has 2 atom stereocenters. The minimum Gasteiger partial charge on any atom is -0.371 e. The predicted octanol–water partition coefficient (Wildman–Crippen LogP) is 4.72. The first-order valence-corrected chi connectivity index (χ1v) is 7.70. The summed E-state index contributed by atoms with van der Waals surface area (Å²) in [6, 6.07) is 6.21. The van der Waals surface area contributed by atoms with Crippen LogP contribution in [-0.2, 0) is 5.33 Å². The third kappa shape index (κ3) is 2.97. The van der Waals surface area contributed by atoms with E-state index in [0.29, 0.717) is 0 Å². The summed E-state index contributed by atoms with van der Waals surface area (Å²) in [5.74, 6) is 1.53. The van der Waals surface area contributed by atoms with Gasteiger partial charge in [-0.25, -0.2) is 0 Å². The first kappa shape index (κ1) is 13.2. The molecular weight excluding hydrogens is 298 g/mol. The van der Waals surface area contributed by atoms with E-state index in [-0.39, 0.29) is 0 Å². The van der Waals surface area contributed by atoms with Crippen molar-refractivity contribution >= 4 is 33.2 Å². The van der Waals surface area contributed by atoms with E-state index in [1.165, 1.54) is 17.7 Å². The van der Waals surface area contributed by atoms with Crippen LogP contribution in [-0.4, -0.2) is 13.1 Å². The normalized spacial score (nSPS) is 25.1. The van der Waals surface area contributed by atoms with Gasteiger partial charge >= 0.3 is 0 Å². The fraction of sp³-hybridized carbons (Fsp3) is 0.571. The highest BCUT2D eigenvalue weighted by atomic mass is 79.9. The maximum absolute atomic E-state index is 6.26. The third-order valence-corrected chi connectivity index (χ3v) is 4.35. The van der Waals surface area contributed by atoms with Gasteiger partial charge in [0.15, 0.2) is 0 Å². The van der Waals surface area contributed by atoms with Crippen LogP contribution in [0.3, 0.4) is 0 Å². The van der Waals surface area contributed by atoms with Crippen LogP contribution >= 0.6 is 27.5 Å². The minimum absolute atomic E-state index is 0.765. The molecule has 1 nitrogen and oxygen atoms in total. The molecule has 0 amide bonds. The van der Waals surface area contributed by atoms with Gasteiger partial charge in [0.05, 0.1) is 0 Å². The van der Waals surface area contributed by atoms with Gasteiger partial charge in [-0.05, 0) is 30.4 Å². The van der Waals surface area contributed by atoms with Crippen LogP contribution in [0, 0.1) is 11.8 Å². The van der Waals surface area contributed by atoms with Crippen molar-refractivity contribution in [3.63, 3.8) is 0 Å². The zero-order valence-electron chi connectivity index (χ0n) is 10.4. The molecule has 1 heterocycles. The molecule has 94 valence electrons. The van der Waals surface area contributed by atoms with Crippen molar-refractivity contribution in [1.82, 2.24) is 0 Å². The Balaban J connectivity index is 2.30. The van der Waals surface area contributed by atoms with E-state index in [4.69, 9.17) is 11.6 Å². The highest BCUT2D eigenvalue weighted by Crippen LogP contribution is 2.33. The van der Waals surface area contributed by atoms with E-state index in [1.54, 1.807) is 0 Å². The second-order valence-electron chi connectivity index (χ2n) is 5.22. The van der Waals surface area contributed by atoms with Gasteiger partial charge in [-0.1, -0.05) is 47.4 Å². The van der Waals surface area contributed by atoms with Crippen LogP contribution in [0.4, 0.5) is 5.69 Å². The van der Waals surface area contributed by atoms with E-state index in [9.17, 15) is 0 Å². The Morgan fingerprint density at radius 1 is 1.29 bits per heavy atom. The summed E-state index contributed by atoms with van der Waals surface area (Å²) in [6.07, 6.45) is 1.33. The molecule has 0 aromatic heterocycles. The molecule has 17 heavy (non-hydrogen) atoms. The maximum Gasteiger partial charge on any atom is 0.0467 e. The molecule has 2 unspecified atom stereocenters. The van der Waals surface area contributed by atoms with Gasteiger partial charge in [0, 0.05) is 34.7 Å². The Hall–Kier alpha value is -0.210. The van der Waals surface area contributed by atoms with Crippen molar-refractivity contribution in [2.45, 2.75) is 25.6 Å². The van der Waals surface area contributed by atoms with Crippen LogP contribution in [0.1, 0.15) is 25.8 Å². The number of alkyl halides is 1. The van der Waals surface area contributed by atoms with Crippen molar-refractivity contribution in [2.75, 3.05) is 18.0 Å². The van der Waals surface area contributed by atoms with Gasteiger partial charge in [0.2, 0.25) is 0 Å².